The largest absolute Gasteiger partial charge is 0.497 e. The van der Waals surface area contributed by atoms with Crippen molar-refractivity contribution in [2.45, 2.75) is 27.2 Å². The number of carboxylic acids is 1. The van der Waals surface area contributed by atoms with E-state index in [1.54, 1.807) is 55.6 Å². The average Bonchev–Trinajstić information content (AvgIpc) is 3.45. The van der Waals surface area contributed by atoms with E-state index in [9.17, 15) is 14.7 Å². The molecule has 3 aromatic rings. The zero-order valence-electron chi connectivity index (χ0n) is 26.4. The Morgan fingerprint density at radius 2 is 1.49 bits per heavy atom. The molecule has 1 heterocycles. The maximum absolute atomic E-state index is 13.7. The Morgan fingerprint density at radius 3 is 2.00 bits per heavy atom. The predicted molar refractivity (Wildman–Crippen MR) is 167 cm³/mol. The van der Waals surface area contributed by atoms with Gasteiger partial charge in [-0.25, -0.2) is 4.79 Å². The number of nitrogens with zero attached hydrogens (tertiary/aromatic N) is 1. The van der Waals surface area contributed by atoms with Crippen LogP contribution >= 0.6 is 0 Å². The van der Waals surface area contributed by atoms with Crippen LogP contribution in [-0.4, -0.2) is 81.8 Å². The van der Waals surface area contributed by atoms with Crippen molar-refractivity contribution in [1.29, 1.82) is 0 Å². The fourth-order valence-corrected chi connectivity index (χ4v) is 4.23. The number of hydrogen-bond donors (Lipinski definition) is 2. The van der Waals surface area contributed by atoms with Gasteiger partial charge in [0.05, 0.1) is 47.5 Å². The van der Waals surface area contributed by atoms with Gasteiger partial charge in [0.2, 0.25) is 6.79 Å². The third kappa shape index (κ3) is 9.87. The van der Waals surface area contributed by atoms with E-state index in [1.807, 2.05) is 32.9 Å². The standard InChI is InChI=1S/C27H24O7.C5H14NO.C2H6/c1-16-12-17(4-10-22(16)32-3)13-21(26(28)18-5-8-20(31-2)9-6-18)25(27(29)30)19-7-11-23-24(14-19)34-15-33-23;1-6(2,3)4-5-7;1-2/h4-12,14H,13,15H2,1-3H3,(H,29,30);7H,4-5H2,1-3H3;1-2H3/q;+1;/b25-21-;;. The van der Waals surface area contributed by atoms with Crippen LogP contribution in [0.5, 0.6) is 23.0 Å². The molecular weight excluding hydrogens is 550 g/mol. The van der Waals surface area contributed by atoms with Crippen LogP contribution in [0.4, 0.5) is 0 Å². The fraction of sp³-hybridized carbons (Fsp3) is 0.353. The molecule has 0 aliphatic carbocycles. The number of aliphatic hydroxyl groups is 1. The lowest BCUT2D eigenvalue weighted by molar-refractivity contribution is -0.870. The van der Waals surface area contributed by atoms with Crippen LogP contribution in [-0.2, 0) is 11.2 Å². The van der Waals surface area contributed by atoms with Crippen molar-refractivity contribution in [3.05, 3.63) is 88.5 Å². The first-order chi connectivity index (χ1) is 20.5. The summed E-state index contributed by atoms with van der Waals surface area (Å²) >= 11 is 0. The van der Waals surface area contributed by atoms with Crippen LogP contribution in [0.1, 0.15) is 40.9 Å². The fourth-order valence-electron chi connectivity index (χ4n) is 4.23. The number of aliphatic hydroxyl groups excluding tert-OH is 1. The summed E-state index contributed by atoms with van der Waals surface area (Å²) in [7, 11) is 9.28. The number of likely N-dealkylation sites (N-methyl/N-ethyl adjacent to an activating group) is 1. The van der Waals surface area contributed by atoms with Gasteiger partial charge in [-0.05, 0) is 66.1 Å². The van der Waals surface area contributed by atoms with Crippen molar-refractivity contribution in [2.75, 3.05) is 55.3 Å². The maximum atomic E-state index is 13.7. The third-order valence-electron chi connectivity index (χ3n) is 6.41. The highest BCUT2D eigenvalue weighted by molar-refractivity contribution is 6.26. The van der Waals surface area contributed by atoms with Crippen LogP contribution in [0, 0.1) is 6.92 Å². The number of aryl methyl sites for hydroxylation is 1. The molecule has 0 amide bonds. The van der Waals surface area contributed by atoms with E-state index in [0.29, 0.717) is 34.1 Å². The van der Waals surface area contributed by atoms with Gasteiger partial charge >= 0.3 is 5.97 Å². The maximum Gasteiger partial charge on any atom is 0.336 e. The summed E-state index contributed by atoms with van der Waals surface area (Å²) in [5.74, 6) is 0.689. The van der Waals surface area contributed by atoms with Crippen LogP contribution < -0.4 is 18.9 Å². The Bertz CT molecular complexity index is 1400. The number of carboxylic acid groups (broad SMARTS) is 1. The van der Waals surface area contributed by atoms with Gasteiger partial charge in [-0.1, -0.05) is 32.0 Å². The molecular formula is C34H44NO8+. The Balaban J connectivity index is 0.000000631. The van der Waals surface area contributed by atoms with E-state index < -0.39 is 5.97 Å². The van der Waals surface area contributed by atoms with Crippen molar-refractivity contribution < 1.29 is 43.2 Å². The summed E-state index contributed by atoms with van der Waals surface area (Å²) in [5.41, 5.74) is 2.46. The minimum atomic E-state index is -1.21. The molecule has 9 heteroatoms. The molecule has 3 aromatic carbocycles. The Labute approximate surface area is 254 Å². The number of allylic oxidation sites excluding steroid dienone is 1. The Kier molecular flexibility index (Phi) is 13.2. The number of carbonyl (C=O) groups is 2. The number of fused-ring (bicyclic) bond motifs is 1. The van der Waals surface area contributed by atoms with Crippen LogP contribution in [0.25, 0.3) is 5.57 Å². The molecule has 0 fully saturated rings. The highest BCUT2D eigenvalue weighted by atomic mass is 16.7. The lowest BCUT2D eigenvalue weighted by atomic mass is 9.89. The van der Waals surface area contributed by atoms with Crippen molar-refractivity contribution in [2.24, 2.45) is 0 Å². The Hall–Kier alpha value is -4.34. The minimum absolute atomic E-state index is 0.0632. The van der Waals surface area contributed by atoms with Gasteiger partial charge in [-0.15, -0.1) is 0 Å². The summed E-state index contributed by atoms with van der Waals surface area (Å²) in [6.45, 7) is 7.07. The molecule has 1 aliphatic rings. The molecule has 0 saturated heterocycles. The van der Waals surface area contributed by atoms with E-state index in [4.69, 9.17) is 24.1 Å². The van der Waals surface area contributed by atoms with Crippen molar-refractivity contribution in [3.8, 4) is 23.0 Å². The number of aliphatic carboxylic acids is 1. The van der Waals surface area contributed by atoms with Gasteiger partial charge in [-0.2, -0.15) is 0 Å². The first-order valence-electron chi connectivity index (χ1n) is 14.1. The molecule has 0 spiro atoms. The second-order valence-corrected chi connectivity index (χ2v) is 10.5. The highest BCUT2D eigenvalue weighted by Gasteiger charge is 2.26. The normalized spacial score (nSPS) is 12.1. The summed E-state index contributed by atoms with van der Waals surface area (Å²) in [6.07, 6.45) is 0.117. The van der Waals surface area contributed by atoms with Gasteiger partial charge < -0.3 is 33.6 Å². The monoisotopic (exact) mass is 594 g/mol. The molecule has 43 heavy (non-hydrogen) atoms. The SMILES string of the molecule is CC.COc1ccc(C(=O)/C(Cc2ccc(OC)c(C)c2)=C(\C(=O)O)c2ccc3c(c2)OCO3)cc1.C[N+](C)(C)CCO. The number of rotatable bonds is 10. The molecule has 4 rings (SSSR count). The number of benzene rings is 3. The molecule has 0 saturated carbocycles. The second-order valence-electron chi connectivity index (χ2n) is 10.5. The van der Waals surface area contributed by atoms with E-state index in [2.05, 4.69) is 21.1 Å². The number of ether oxygens (including phenoxy) is 4. The molecule has 0 unspecified atom stereocenters. The van der Waals surface area contributed by atoms with Gasteiger partial charge in [0.25, 0.3) is 0 Å². The van der Waals surface area contributed by atoms with Crippen LogP contribution in [0.15, 0.2) is 66.2 Å². The molecule has 232 valence electrons. The first kappa shape index (κ1) is 34.9. The number of carbonyl (C=O) groups excluding carboxylic acids is 1. The minimum Gasteiger partial charge on any atom is -0.497 e. The third-order valence-corrected chi connectivity index (χ3v) is 6.41. The average molecular weight is 595 g/mol. The zero-order valence-corrected chi connectivity index (χ0v) is 26.4. The second kappa shape index (κ2) is 16.3. The van der Waals surface area contributed by atoms with Crippen LogP contribution in [0.3, 0.4) is 0 Å². The number of methoxy groups -OCH3 is 2. The molecule has 0 radical (unpaired) electrons. The van der Waals surface area contributed by atoms with Crippen molar-refractivity contribution >= 4 is 17.3 Å². The summed E-state index contributed by atoms with van der Waals surface area (Å²) < 4.78 is 22.1. The number of ketones is 1. The van der Waals surface area contributed by atoms with E-state index in [1.165, 1.54) is 7.11 Å². The number of quaternary nitrogens is 1. The summed E-state index contributed by atoms with van der Waals surface area (Å²) in [6, 6.07) is 17.0. The zero-order chi connectivity index (χ0) is 32.2. The predicted octanol–water partition coefficient (Wildman–Crippen LogP) is 5.42. The molecule has 0 aromatic heterocycles. The molecule has 1 aliphatic heterocycles. The highest BCUT2D eigenvalue weighted by Crippen LogP contribution is 2.36. The molecule has 0 atom stereocenters. The van der Waals surface area contributed by atoms with E-state index in [0.717, 1.165) is 22.2 Å². The van der Waals surface area contributed by atoms with Crippen molar-refractivity contribution in [3.63, 3.8) is 0 Å². The lowest BCUT2D eigenvalue weighted by Crippen LogP contribution is -2.36. The van der Waals surface area contributed by atoms with E-state index in [-0.39, 0.29) is 36.8 Å². The first-order valence-corrected chi connectivity index (χ1v) is 14.1. The van der Waals surface area contributed by atoms with Gasteiger partial charge in [0.15, 0.2) is 17.3 Å². The molecule has 0 bridgehead atoms. The number of Topliss-reactive ketones (excluding diaryl/α,β-unsaturated/α-hetero) is 1. The van der Waals surface area contributed by atoms with Crippen molar-refractivity contribution in [1.82, 2.24) is 0 Å². The topological polar surface area (TPSA) is 112 Å². The summed E-state index contributed by atoms with van der Waals surface area (Å²) in [4.78, 5) is 26.2. The number of hydrogen-bond acceptors (Lipinski definition) is 7. The smallest absolute Gasteiger partial charge is 0.336 e. The summed E-state index contributed by atoms with van der Waals surface area (Å²) in [5, 5.41) is 18.6. The van der Waals surface area contributed by atoms with Gasteiger partial charge in [-0.3, -0.25) is 4.79 Å². The quantitative estimate of drug-likeness (QED) is 0.182. The van der Waals surface area contributed by atoms with E-state index >= 15 is 0 Å². The molecule has 2 N–H and O–H groups in total. The Morgan fingerprint density at radius 1 is 0.860 bits per heavy atom. The van der Waals surface area contributed by atoms with Crippen LogP contribution in [0.2, 0.25) is 0 Å². The lowest BCUT2D eigenvalue weighted by Gasteiger charge is -2.21. The molecule has 9 nitrogen and oxygen atoms in total. The van der Waals surface area contributed by atoms with Gasteiger partial charge in [0.1, 0.15) is 18.0 Å². The van der Waals surface area contributed by atoms with Gasteiger partial charge in [0, 0.05) is 17.6 Å².